The summed E-state index contributed by atoms with van der Waals surface area (Å²) < 4.78 is 19.7. The van der Waals surface area contributed by atoms with Gasteiger partial charge in [0, 0.05) is 0 Å². The number of aromatic nitrogens is 3. The van der Waals surface area contributed by atoms with Crippen LogP contribution in [0.5, 0.6) is 5.75 Å². The molecule has 0 fully saturated rings. The van der Waals surface area contributed by atoms with Gasteiger partial charge in [-0.2, -0.15) is 0 Å². The number of ether oxygens (including phenoxy) is 1. The third-order valence-electron chi connectivity index (χ3n) is 2.59. The molecule has 1 aromatic carbocycles. The smallest absolute Gasteiger partial charge is 0.127 e. The lowest BCUT2D eigenvalue weighted by Crippen LogP contribution is -2.04. The minimum absolute atomic E-state index is 0.467. The first-order chi connectivity index (χ1) is 9.22. The summed E-state index contributed by atoms with van der Waals surface area (Å²) >= 11 is 0. The molecule has 0 unspecified atom stereocenters. The van der Waals surface area contributed by atoms with Gasteiger partial charge >= 0.3 is 0 Å². The lowest BCUT2D eigenvalue weighted by Gasteiger charge is -2.05. The van der Waals surface area contributed by atoms with Crippen LogP contribution in [0, 0.1) is 0 Å². The molecule has 0 spiro atoms. The molecular formula is C13H14FN3O2. The molecule has 5 nitrogen and oxygen atoms in total. The fraction of sp³-hybridized carbons (Fsp3) is 0.231. The molecule has 0 saturated carbocycles. The molecule has 2 aromatic rings. The number of nitrogens with zero attached hydrogens (tertiary/aromatic N) is 3. The molecule has 0 atom stereocenters. The second-order valence-corrected chi connectivity index (χ2v) is 3.91. The molecular weight excluding hydrogens is 249 g/mol. The summed E-state index contributed by atoms with van der Waals surface area (Å²) in [5, 5.41) is 16.3. The monoisotopic (exact) mass is 263 g/mol. The molecule has 0 saturated heterocycles. The van der Waals surface area contributed by atoms with E-state index in [-0.39, 0.29) is 0 Å². The molecule has 0 aliphatic rings. The zero-order chi connectivity index (χ0) is 13.7. The number of hydrogen-bond acceptors (Lipinski definition) is 4. The van der Waals surface area contributed by atoms with Crippen molar-refractivity contribution < 1.29 is 14.2 Å². The Morgan fingerprint density at radius 3 is 2.79 bits per heavy atom. The predicted molar refractivity (Wildman–Crippen MR) is 68.3 cm³/mol. The van der Waals surface area contributed by atoms with Crippen molar-refractivity contribution >= 4 is 6.08 Å². The predicted octanol–water partition coefficient (Wildman–Crippen LogP) is 1.64. The molecule has 1 heterocycles. The van der Waals surface area contributed by atoms with Crippen LogP contribution in [0.3, 0.4) is 0 Å². The molecule has 1 N–H and O–H groups in total. The minimum atomic E-state index is -0.631. The Hall–Kier alpha value is -2.21. The van der Waals surface area contributed by atoms with E-state index in [0.717, 1.165) is 11.3 Å². The molecule has 0 amide bonds. The number of halogens is 1. The topological polar surface area (TPSA) is 60.2 Å². The second kappa shape index (κ2) is 6.10. The van der Waals surface area contributed by atoms with E-state index in [4.69, 9.17) is 9.84 Å². The largest absolute Gasteiger partial charge is 0.497 e. The van der Waals surface area contributed by atoms with Gasteiger partial charge in [0.15, 0.2) is 0 Å². The third kappa shape index (κ3) is 3.38. The normalized spacial score (nSPS) is 11.6. The van der Waals surface area contributed by atoms with Gasteiger partial charge < -0.3 is 9.84 Å². The van der Waals surface area contributed by atoms with Crippen molar-refractivity contribution in [2.24, 2.45) is 0 Å². The molecule has 2 rings (SSSR count). The molecule has 6 heteroatoms. The Morgan fingerprint density at radius 1 is 1.42 bits per heavy atom. The van der Waals surface area contributed by atoms with Gasteiger partial charge in [0.25, 0.3) is 0 Å². The summed E-state index contributed by atoms with van der Waals surface area (Å²) in [7, 11) is 1.60. The average molecular weight is 263 g/mol. The van der Waals surface area contributed by atoms with E-state index in [1.54, 1.807) is 11.8 Å². The van der Waals surface area contributed by atoms with Crippen molar-refractivity contribution in [1.29, 1.82) is 0 Å². The lowest BCUT2D eigenvalue weighted by molar-refractivity contribution is 0.300. The number of rotatable bonds is 5. The zero-order valence-corrected chi connectivity index (χ0v) is 10.5. The fourth-order valence-electron chi connectivity index (χ4n) is 1.61. The van der Waals surface area contributed by atoms with Gasteiger partial charge in [0.2, 0.25) is 0 Å². The van der Waals surface area contributed by atoms with Gasteiger partial charge in [-0.1, -0.05) is 17.3 Å². The number of methoxy groups -OCH3 is 1. The van der Waals surface area contributed by atoms with Crippen molar-refractivity contribution in [2.45, 2.75) is 6.54 Å². The van der Waals surface area contributed by atoms with Crippen LogP contribution in [0.1, 0.15) is 11.3 Å². The van der Waals surface area contributed by atoms with Crippen LogP contribution in [0.25, 0.3) is 6.08 Å². The van der Waals surface area contributed by atoms with Crippen LogP contribution in [0.15, 0.2) is 36.3 Å². The number of aliphatic hydroxyl groups excluding tert-OH is 1. The van der Waals surface area contributed by atoms with Crippen LogP contribution in [0.2, 0.25) is 0 Å². The summed E-state index contributed by atoms with van der Waals surface area (Å²) in [6.07, 6.45) is 2.66. The summed E-state index contributed by atoms with van der Waals surface area (Å²) in [6, 6.07) is 7.49. The number of aliphatic hydroxyl groups is 1. The highest BCUT2D eigenvalue weighted by Gasteiger charge is 2.04. The zero-order valence-electron chi connectivity index (χ0n) is 10.5. The first kappa shape index (κ1) is 13.2. The second-order valence-electron chi connectivity index (χ2n) is 3.91. The van der Waals surface area contributed by atoms with Crippen molar-refractivity contribution in [2.75, 3.05) is 13.7 Å². The van der Waals surface area contributed by atoms with E-state index in [9.17, 15) is 4.39 Å². The van der Waals surface area contributed by atoms with Crippen LogP contribution in [0.4, 0.5) is 4.39 Å². The summed E-state index contributed by atoms with van der Waals surface area (Å²) in [6.45, 7) is -0.164. The van der Waals surface area contributed by atoms with E-state index in [2.05, 4.69) is 10.3 Å². The molecule has 0 radical (unpaired) electrons. The SMILES string of the molecule is COc1ccc(Cn2nncc2/C=C(\F)CO)cc1. The maximum atomic E-state index is 13.0. The quantitative estimate of drug-likeness (QED) is 0.890. The first-order valence-electron chi connectivity index (χ1n) is 5.71. The Labute approximate surface area is 109 Å². The minimum Gasteiger partial charge on any atom is -0.497 e. The van der Waals surface area contributed by atoms with Gasteiger partial charge in [-0.25, -0.2) is 9.07 Å². The van der Waals surface area contributed by atoms with Crippen LogP contribution < -0.4 is 4.74 Å². The van der Waals surface area contributed by atoms with E-state index >= 15 is 0 Å². The molecule has 0 aliphatic carbocycles. The van der Waals surface area contributed by atoms with Gasteiger partial charge in [-0.15, -0.1) is 5.10 Å². The van der Waals surface area contributed by atoms with Gasteiger partial charge in [-0.05, 0) is 23.8 Å². The van der Waals surface area contributed by atoms with E-state index in [1.165, 1.54) is 12.3 Å². The van der Waals surface area contributed by atoms with Gasteiger partial charge in [-0.3, -0.25) is 0 Å². The van der Waals surface area contributed by atoms with Crippen LogP contribution >= 0.6 is 0 Å². The molecule has 19 heavy (non-hydrogen) atoms. The number of benzene rings is 1. The maximum absolute atomic E-state index is 13.0. The van der Waals surface area contributed by atoms with Crippen LogP contribution in [-0.4, -0.2) is 33.8 Å². The molecule has 0 aliphatic heterocycles. The Kier molecular flexibility index (Phi) is 4.25. The Morgan fingerprint density at radius 2 is 2.16 bits per heavy atom. The number of hydrogen-bond donors (Lipinski definition) is 1. The highest BCUT2D eigenvalue weighted by molar-refractivity contribution is 5.46. The Bertz CT molecular complexity index is 564. The third-order valence-corrected chi connectivity index (χ3v) is 2.59. The Balaban J connectivity index is 2.17. The summed E-state index contributed by atoms with van der Waals surface area (Å²) in [4.78, 5) is 0. The standard InChI is InChI=1S/C13H14FN3O2/c1-19-13-4-2-10(3-5-13)8-17-12(7-15-16-17)6-11(14)9-18/h2-7,18H,8-9H2,1H3/b11-6-. The van der Waals surface area contributed by atoms with Gasteiger partial charge in [0.1, 0.15) is 11.6 Å². The van der Waals surface area contributed by atoms with Crippen molar-refractivity contribution in [3.05, 3.63) is 47.5 Å². The molecule has 1 aromatic heterocycles. The molecule has 0 bridgehead atoms. The first-order valence-corrected chi connectivity index (χ1v) is 5.71. The van der Waals surface area contributed by atoms with Gasteiger partial charge in [0.05, 0.1) is 32.2 Å². The average Bonchev–Trinajstić information content (AvgIpc) is 2.86. The van der Waals surface area contributed by atoms with Crippen LogP contribution in [-0.2, 0) is 6.54 Å². The van der Waals surface area contributed by atoms with Crippen molar-refractivity contribution in [3.8, 4) is 5.75 Å². The summed E-state index contributed by atoms with van der Waals surface area (Å²) in [5.74, 6) is 0.145. The molecule has 100 valence electrons. The summed E-state index contributed by atoms with van der Waals surface area (Å²) in [5.41, 5.74) is 1.49. The van der Waals surface area contributed by atoms with Crippen molar-refractivity contribution in [3.63, 3.8) is 0 Å². The van der Waals surface area contributed by atoms with E-state index in [1.807, 2.05) is 24.3 Å². The highest BCUT2D eigenvalue weighted by atomic mass is 19.1. The van der Waals surface area contributed by atoms with E-state index < -0.39 is 12.4 Å². The highest BCUT2D eigenvalue weighted by Crippen LogP contribution is 2.13. The fourth-order valence-corrected chi connectivity index (χ4v) is 1.61. The maximum Gasteiger partial charge on any atom is 0.127 e. The van der Waals surface area contributed by atoms with Crippen molar-refractivity contribution in [1.82, 2.24) is 15.0 Å². The lowest BCUT2D eigenvalue weighted by atomic mass is 10.2. The van der Waals surface area contributed by atoms with E-state index in [0.29, 0.717) is 12.2 Å².